The van der Waals surface area contributed by atoms with Crippen LogP contribution >= 0.6 is 11.6 Å². The maximum Gasteiger partial charge on any atom is 0.0697 e. The number of benzene rings is 1. The average Bonchev–Trinajstić information content (AvgIpc) is 3.02. The topological polar surface area (TPSA) is 70.2 Å². The monoisotopic (exact) mass is 309 g/mol. The fourth-order valence-electron chi connectivity index (χ4n) is 2.09. The molecule has 0 fully saturated rings. The zero-order valence-corrected chi connectivity index (χ0v) is 12.5. The molecule has 0 saturated carbocycles. The maximum absolute atomic E-state index is 8.65. The van der Waals surface area contributed by atoms with E-state index in [1.54, 1.807) is 0 Å². The van der Waals surface area contributed by atoms with Crippen molar-refractivity contribution in [1.82, 2.24) is 15.5 Å². The van der Waals surface area contributed by atoms with E-state index in [0.717, 1.165) is 29.1 Å². The van der Waals surface area contributed by atoms with Gasteiger partial charge in [-0.1, -0.05) is 23.7 Å². The van der Waals surface area contributed by atoms with Gasteiger partial charge >= 0.3 is 0 Å². The summed E-state index contributed by atoms with van der Waals surface area (Å²) in [7, 11) is 0. The molecule has 1 aromatic carbocycles. The lowest BCUT2D eigenvalue weighted by molar-refractivity contribution is 0.0905. The summed E-state index contributed by atoms with van der Waals surface area (Å²) >= 11 is 5.94. The maximum atomic E-state index is 8.65. The van der Waals surface area contributed by atoms with Crippen molar-refractivity contribution >= 4 is 11.6 Å². The normalized spacial score (nSPS) is 12.5. The standard InChI is InChI=1S/C15H20ClN3O2/c16-14-4-2-12(3-5-14)15(13-10-18-19-11-13)17-6-1-8-21-9-7-20/h2-5,10-11,15,17,20H,1,6-9H2,(H,18,19). The number of H-pyrrole nitrogens is 1. The minimum Gasteiger partial charge on any atom is -0.394 e. The predicted molar refractivity (Wildman–Crippen MR) is 82.4 cm³/mol. The first-order valence-electron chi connectivity index (χ1n) is 6.97. The van der Waals surface area contributed by atoms with Crippen molar-refractivity contribution in [2.24, 2.45) is 0 Å². The summed E-state index contributed by atoms with van der Waals surface area (Å²) < 4.78 is 5.25. The number of hydrogen-bond donors (Lipinski definition) is 3. The highest BCUT2D eigenvalue weighted by molar-refractivity contribution is 6.30. The Bertz CT molecular complexity index is 502. The third-order valence-electron chi connectivity index (χ3n) is 3.11. The molecule has 0 radical (unpaired) electrons. The van der Waals surface area contributed by atoms with Gasteiger partial charge in [-0.2, -0.15) is 5.10 Å². The summed E-state index contributed by atoms with van der Waals surface area (Å²) in [4.78, 5) is 0. The van der Waals surface area contributed by atoms with E-state index in [0.29, 0.717) is 13.2 Å². The van der Waals surface area contributed by atoms with Gasteiger partial charge < -0.3 is 15.2 Å². The molecule has 2 rings (SSSR count). The van der Waals surface area contributed by atoms with Crippen LogP contribution in [0.15, 0.2) is 36.7 Å². The second-order valence-corrected chi connectivity index (χ2v) is 5.10. The molecular weight excluding hydrogens is 290 g/mol. The van der Waals surface area contributed by atoms with Crippen LogP contribution in [0.5, 0.6) is 0 Å². The second-order valence-electron chi connectivity index (χ2n) is 4.66. The Hall–Kier alpha value is -1.40. The van der Waals surface area contributed by atoms with Crippen LogP contribution in [0, 0.1) is 0 Å². The van der Waals surface area contributed by atoms with Crippen molar-refractivity contribution in [3.05, 3.63) is 52.8 Å². The Morgan fingerprint density at radius 2 is 2.05 bits per heavy atom. The molecule has 114 valence electrons. The number of nitrogens with zero attached hydrogens (tertiary/aromatic N) is 1. The summed E-state index contributed by atoms with van der Waals surface area (Å²) in [6.07, 6.45) is 4.57. The number of ether oxygens (including phenoxy) is 1. The number of nitrogens with one attached hydrogen (secondary N) is 2. The molecule has 1 aromatic heterocycles. The number of aromatic amines is 1. The molecule has 0 aliphatic carbocycles. The molecule has 5 nitrogen and oxygen atoms in total. The molecule has 0 saturated heterocycles. The summed E-state index contributed by atoms with van der Waals surface area (Å²) in [5.41, 5.74) is 2.21. The average molecular weight is 310 g/mol. The van der Waals surface area contributed by atoms with E-state index < -0.39 is 0 Å². The molecule has 0 aliphatic rings. The van der Waals surface area contributed by atoms with Crippen molar-refractivity contribution < 1.29 is 9.84 Å². The molecule has 0 bridgehead atoms. The summed E-state index contributed by atoms with van der Waals surface area (Å²) in [5, 5.41) is 19.7. The molecule has 2 aromatic rings. The van der Waals surface area contributed by atoms with Crippen molar-refractivity contribution in [3.8, 4) is 0 Å². The van der Waals surface area contributed by atoms with Crippen LogP contribution in [0.3, 0.4) is 0 Å². The van der Waals surface area contributed by atoms with Crippen molar-refractivity contribution in [2.45, 2.75) is 12.5 Å². The zero-order valence-electron chi connectivity index (χ0n) is 11.8. The van der Waals surface area contributed by atoms with Crippen molar-refractivity contribution in [3.63, 3.8) is 0 Å². The number of aromatic nitrogens is 2. The van der Waals surface area contributed by atoms with Crippen molar-refractivity contribution in [2.75, 3.05) is 26.4 Å². The highest BCUT2D eigenvalue weighted by Gasteiger charge is 2.14. The second kappa shape index (κ2) is 8.79. The van der Waals surface area contributed by atoms with Crippen LogP contribution in [-0.2, 0) is 4.74 Å². The Morgan fingerprint density at radius 3 is 2.71 bits per heavy atom. The lowest BCUT2D eigenvalue weighted by atomic mass is 10.0. The van der Waals surface area contributed by atoms with Crippen LogP contribution in [0.2, 0.25) is 5.02 Å². The number of aliphatic hydroxyl groups excluding tert-OH is 1. The minimum absolute atomic E-state index is 0.0653. The quantitative estimate of drug-likeness (QED) is 0.621. The van der Waals surface area contributed by atoms with Crippen LogP contribution < -0.4 is 5.32 Å². The molecule has 21 heavy (non-hydrogen) atoms. The van der Waals surface area contributed by atoms with E-state index >= 15 is 0 Å². The first-order valence-corrected chi connectivity index (χ1v) is 7.35. The molecule has 0 aliphatic heterocycles. The number of rotatable bonds is 9. The molecule has 1 unspecified atom stereocenters. The Balaban J connectivity index is 1.92. The van der Waals surface area contributed by atoms with E-state index in [9.17, 15) is 0 Å². The van der Waals surface area contributed by atoms with E-state index in [1.165, 1.54) is 0 Å². The van der Waals surface area contributed by atoms with Gasteiger partial charge in [0, 0.05) is 23.4 Å². The van der Waals surface area contributed by atoms with E-state index in [-0.39, 0.29) is 12.6 Å². The van der Waals surface area contributed by atoms with Gasteiger partial charge in [0.25, 0.3) is 0 Å². The number of aliphatic hydroxyl groups is 1. The predicted octanol–water partition coefficient (Wildman–Crippen LogP) is 2.14. The van der Waals surface area contributed by atoms with E-state index in [1.807, 2.05) is 36.7 Å². The molecule has 0 amide bonds. The lowest BCUT2D eigenvalue weighted by Crippen LogP contribution is -2.24. The summed E-state index contributed by atoms with van der Waals surface area (Å²) in [6, 6.07) is 7.86. The highest BCUT2D eigenvalue weighted by atomic mass is 35.5. The number of halogens is 1. The van der Waals surface area contributed by atoms with Crippen LogP contribution in [-0.4, -0.2) is 41.7 Å². The van der Waals surface area contributed by atoms with E-state index in [4.69, 9.17) is 21.4 Å². The van der Waals surface area contributed by atoms with Gasteiger partial charge in [-0.05, 0) is 30.7 Å². The Kier molecular flexibility index (Phi) is 6.69. The minimum atomic E-state index is 0.0653. The fourth-order valence-corrected chi connectivity index (χ4v) is 2.22. The van der Waals surface area contributed by atoms with Crippen LogP contribution in [0.4, 0.5) is 0 Å². The van der Waals surface area contributed by atoms with Gasteiger partial charge in [-0.15, -0.1) is 0 Å². The Morgan fingerprint density at radius 1 is 1.24 bits per heavy atom. The van der Waals surface area contributed by atoms with Crippen LogP contribution in [0.1, 0.15) is 23.6 Å². The van der Waals surface area contributed by atoms with Crippen LogP contribution in [0.25, 0.3) is 0 Å². The molecule has 1 heterocycles. The lowest BCUT2D eigenvalue weighted by Gasteiger charge is -2.18. The largest absolute Gasteiger partial charge is 0.394 e. The zero-order chi connectivity index (χ0) is 14.9. The van der Waals surface area contributed by atoms with Crippen molar-refractivity contribution in [1.29, 1.82) is 0 Å². The third kappa shape index (κ3) is 5.13. The molecule has 1 atom stereocenters. The third-order valence-corrected chi connectivity index (χ3v) is 3.36. The van der Waals surface area contributed by atoms with Gasteiger partial charge in [0.1, 0.15) is 0 Å². The van der Waals surface area contributed by atoms with Gasteiger partial charge in [-0.25, -0.2) is 0 Å². The highest BCUT2D eigenvalue weighted by Crippen LogP contribution is 2.22. The summed E-state index contributed by atoms with van der Waals surface area (Å²) in [6.45, 7) is 1.90. The number of hydrogen-bond acceptors (Lipinski definition) is 4. The molecular formula is C15H20ClN3O2. The van der Waals surface area contributed by atoms with Gasteiger partial charge in [-0.3, -0.25) is 5.10 Å². The van der Waals surface area contributed by atoms with Gasteiger partial charge in [0.2, 0.25) is 0 Å². The smallest absolute Gasteiger partial charge is 0.0697 e. The summed E-state index contributed by atoms with van der Waals surface area (Å²) in [5.74, 6) is 0. The first kappa shape index (κ1) is 16.0. The SMILES string of the molecule is OCCOCCCNC(c1ccc(Cl)cc1)c1cn[nH]c1. The van der Waals surface area contributed by atoms with Gasteiger partial charge in [0.05, 0.1) is 25.5 Å². The molecule has 3 N–H and O–H groups in total. The Labute approximate surface area is 129 Å². The van der Waals surface area contributed by atoms with E-state index in [2.05, 4.69) is 15.5 Å². The first-order chi connectivity index (χ1) is 10.3. The van der Waals surface area contributed by atoms with Gasteiger partial charge in [0.15, 0.2) is 0 Å². The fraction of sp³-hybridized carbons (Fsp3) is 0.400. The molecule has 0 spiro atoms. The molecule has 6 heteroatoms.